The van der Waals surface area contributed by atoms with E-state index in [1.807, 2.05) is 30.3 Å². The Morgan fingerprint density at radius 3 is 2.77 bits per heavy atom. The van der Waals surface area contributed by atoms with Crippen molar-refractivity contribution < 1.29 is 9.18 Å². The molecular weight excluding hydrogens is 399 g/mol. The lowest BCUT2D eigenvalue weighted by atomic mass is 10.1. The number of nitrogens with one attached hydrogen (secondary N) is 1. The molecule has 1 aromatic heterocycles. The van der Waals surface area contributed by atoms with E-state index >= 15 is 0 Å². The smallest absolute Gasteiger partial charge is 0.256 e. The second kappa shape index (κ2) is 7.50. The van der Waals surface area contributed by atoms with Crippen LogP contribution in [0.3, 0.4) is 0 Å². The summed E-state index contributed by atoms with van der Waals surface area (Å²) < 4.78 is 16.4. The predicted octanol–water partition coefficient (Wildman–Crippen LogP) is 4.08. The van der Waals surface area contributed by atoms with Gasteiger partial charge >= 0.3 is 0 Å². The molecular formula is C19H14BrFN4O. The van der Waals surface area contributed by atoms with Gasteiger partial charge in [-0.05, 0) is 31.2 Å². The van der Waals surface area contributed by atoms with Crippen molar-refractivity contribution >= 4 is 21.8 Å². The van der Waals surface area contributed by atoms with E-state index in [-0.39, 0.29) is 5.56 Å². The minimum absolute atomic E-state index is 0.125. The molecule has 1 amide bonds. The normalized spacial score (nSPS) is 11.6. The standard InChI is InChI=1S/C19H14BrFN4O/c1-12-16(11-23-25(12)14-6-4-5-13(20)9-14)19(26)24-18(10-22)15-7-2-3-8-17(15)21/h2-9,11,18H,1H3,(H,24,26). The third-order valence-electron chi connectivity index (χ3n) is 3.93. The number of nitrogens with zero attached hydrogens (tertiary/aromatic N) is 3. The maximum Gasteiger partial charge on any atom is 0.256 e. The summed E-state index contributed by atoms with van der Waals surface area (Å²) in [6, 6.07) is 14.2. The lowest BCUT2D eigenvalue weighted by molar-refractivity contribution is 0.0944. The molecule has 5 nitrogen and oxygen atoms in total. The molecule has 1 unspecified atom stereocenters. The van der Waals surface area contributed by atoms with Gasteiger partial charge in [-0.25, -0.2) is 9.07 Å². The van der Waals surface area contributed by atoms with Crippen molar-refractivity contribution in [1.82, 2.24) is 15.1 Å². The van der Waals surface area contributed by atoms with Crippen LogP contribution in [0.2, 0.25) is 0 Å². The maximum atomic E-state index is 13.9. The molecule has 7 heteroatoms. The van der Waals surface area contributed by atoms with Crippen LogP contribution in [-0.2, 0) is 0 Å². The number of hydrogen-bond acceptors (Lipinski definition) is 3. The van der Waals surface area contributed by atoms with Gasteiger partial charge in [-0.3, -0.25) is 4.79 Å². The minimum Gasteiger partial charge on any atom is -0.332 e. The molecule has 2 aromatic carbocycles. The molecule has 1 atom stereocenters. The summed E-state index contributed by atoms with van der Waals surface area (Å²) in [7, 11) is 0. The number of benzene rings is 2. The van der Waals surface area contributed by atoms with Crippen molar-refractivity contribution in [2.45, 2.75) is 13.0 Å². The van der Waals surface area contributed by atoms with Gasteiger partial charge in [0.1, 0.15) is 11.9 Å². The summed E-state index contributed by atoms with van der Waals surface area (Å²) in [5.74, 6) is -1.03. The van der Waals surface area contributed by atoms with E-state index in [2.05, 4.69) is 26.3 Å². The van der Waals surface area contributed by atoms with Gasteiger partial charge in [0.2, 0.25) is 0 Å². The lowest BCUT2D eigenvalue weighted by Crippen LogP contribution is -2.28. The van der Waals surface area contributed by atoms with E-state index in [9.17, 15) is 14.4 Å². The highest BCUT2D eigenvalue weighted by molar-refractivity contribution is 9.10. The largest absolute Gasteiger partial charge is 0.332 e. The number of carbonyl (C=O) groups excluding carboxylic acids is 1. The topological polar surface area (TPSA) is 70.7 Å². The molecule has 3 aromatic rings. The zero-order chi connectivity index (χ0) is 18.7. The van der Waals surface area contributed by atoms with Gasteiger partial charge in [0, 0.05) is 10.0 Å². The second-order valence-corrected chi connectivity index (χ2v) is 6.51. The number of halogens is 2. The Balaban J connectivity index is 1.87. The van der Waals surface area contributed by atoms with E-state index in [4.69, 9.17) is 0 Å². The molecule has 0 aliphatic rings. The highest BCUT2D eigenvalue weighted by atomic mass is 79.9. The molecule has 0 aliphatic heterocycles. The summed E-state index contributed by atoms with van der Waals surface area (Å²) in [4.78, 5) is 12.6. The SMILES string of the molecule is Cc1c(C(=O)NC(C#N)c2ccccc2F)cnn1-c1cccc(Br)c1. The third-order valence-corrected chi connectivity index (χ3v) is 4.42. The van der Waals surface area contributed by atoms with E-state index < -0.39 is 17.8 Å². The quantitative estimate of drug-likeness (QED) is 0.701. The summed E-state index contributed by atoms with van der Waals surface area (Å²) in [6.07, 6.45) is 1.43. The summed E-state index contributed by atoms with van der Waals surface area (Å²) in [5, 5.41) is 16.1. The van der Waals surface area contributed by atoms with Gasteiger partial charge in [0.25, 0.3) is 5.91 Å². The molecule has 3 rings (SSSR count). The fraction of sp³-hybridized carbons (Fsp3) is 0.105. The van der Waals surface area contributed by atoms with Gasteiger partial charge in [0.15, 0.2) is 0 Å². The zero-order valence-corrected chi connectivity index (χ0v) is 15.4. The molecule has 0 radical (unpaired) electrons. The van der Waals surface area contributed by atoms with Crippen LogP contribution in [0.5, 0.6) is 0 Å². The Labute approximate surface area is 158 Å². The minimum atomic E-state index is -1.09. The van der Waals surface area contributed by atoms with Crippen LogP contribution < -0.4 is 5.32 Å². The first-order valence-electron chi connectivity index (χ1n) is 7.76. The first-order valence-corrected chi connectivity index (χ1v) is 8.56. The van der Waals surface area contributed by atoms with Crippen LogP contribution in [0, 0.1) is 24.1 Å². The van der Waals surface area contributed by atoms with E-state index in [0.29, 0.717) is 11.3 Å². The molecule has 1 heterocycles. The van der Waals surface area contributed by atoms with E-state index in [1.165, 1.54) is 24.4 Å². The monoisotopic (exact) mass is 412 g/mol. The van der Waals surface area contributed by atoms with Crippen molar-refractivity contribution in [2.75, 3.05) is 0 Å². The molecule has 130 valence electrons. The fourth-order valence-corrected chi connectivity index (χ4v) is 2.99. The first kappa shape index (κ1) is 17.8. The Bertz CT molecular complexity index is 1010. The second-order valence-electron chi connectivity index (χ2n) is 5.59. The molecule has 0 spiro atoms. The van der Waals surface area contributed by atoms with Gasteiger partial charge in [-0.1, -0.05) is 40.2 Å². The average molecular weight is 413 g/mol. The Hall–Kier alpha value is -2.98. The third kappa shape index (κ3) is 3.51. The van der Waals surface area contributed by atoms with Gasteiger partial charge in [-0.2, -0.15) is 10.4 Å². The van der Waals surface area contributed by atoms with Gasteiger partial charge in [0.05, 0.1) is 29.2 Å². The Kier molecular flexibility index (Phi) is 5.14. The van der Waals surface area contributed by atoms with Gasteiger partial charge < -0.3 is 5.32 Å². The summed E-state index contributed by atoms with van der Waals surface area (Å²) >= 11 is 3.40. The molecule has 0 bridgehead atoms. The fourth-order valence-electron chi connectivity index (χ4n) is 2.60. The summed E-state index contributed by atoms with van der Waals surface area (Å²) in [6.45, 7) is 1.76. The van der Waals surface area contributed by atoms with Crippen LogP contribution in [0.1, 0.15) is 27.7 Å². The van der Waals surface area contributed by atoms with Gasteiger partial charge in [-0.15, -0.1) is 0 Å². The molecule has 0 aliphatic carbocycles. The first-order chi connectivity index (χ1) is 12.5. The number of nitriles is 1. The molecule has 1 N–H and O–H groups in total. The highest BCUT2D eigenvalue weighted by Crippen LogP contribution is 2.20. The maximum absolute atomic E-state index is 13.9. The number of aromatic nitrogens is 2. The molecule has 0 fully saturated rings. The van der Waals surface area contributed by atoms with Crippen molar-refractivity contribution in [2.24, 2.45) is 0 Å². The van der Waals surface area contributed by atoms with Crippen LogP contribution in [0.15, 0.2) is 59.2 Å². The van der Waals surface area contributed by atoms with E-state index in [1.54, 1.807) is 17.7 Å². The highest BCUT2D eigenvalue weighted by Gasteiger charge is 2.21. The number of carbonyl (C=O) groups is 1. The number of amides is 1. The molecule has 26 heavy (non-hydrogen) atoms. The van der Waals surface area contributed by atoms with E-state index in [0.717, 1.165) is 10.2 Å². The Morgan fingerprint density at radius 1 is 1.31 bits per heavy atom. The lowest BCUT2D eigenvalue weighted by Gasteiger charge is -2.12. The van der Waals surface area contributed by atoms with Crippen LogP contribution >= 0.6 is 15.9 Å². The van der Waals surface area contributed by atoms with Crippen molar-refractivity contribution in [1.29, 1.82) is 5.26 Å². The molecule has 0 saturated heterocycles. The van der Waals surface area contributed by atoms with Crippen molar-refractivity contribution in [3.8, 4) is 11.8 Å². The van der Waals surface area contributed by atoms with Crippen LogP contribution in [0.25, 0.3) is 5.69 Å². The number of hydrogen-bond donors (Lipinski definition) is 1. The van der Waals surface area contributed by atoms with Crippen LogP contribution in [0.4, 0.5) is 4.39 Å². The average Bonchev–Trinajstić information content (AvgIpc) is 3.02. The zero-order valence-electron chi connectivity index (χ0n) is 13.8. The number of rotatable bonds is 4. The van der Waals surface area contributed by atoms with Crippen molar-refractivity contribution in [3.63, 3.8) is 0 Å². The van der Waals surface area contributed by atoms with Crippen molar-refractivity contribution in [3.05, 3.63) is 81.8 Å². The summed E-state index contributed by atoms with van der Waals surface area (Å²) in [5.41, 5.74) is 1.86. The predicted molar refractivity (Wildman–Crippen MR) is 98.2 cm³/mol. The molecule has 0 saturated carbocycles. The van der Waals surface area contributed by atoms with Crippen LogP contribution in [-0.4, -0.2) is 15.7 Å². The Morgan fingerprint density at radius 2 is 2.08 bits per heavy atom.